The molecule has 3 atom stereocenters. The van der Waals surface area contributed by atoms with Crippen LogP contribution >= 0.6 is 11.6 Å². The third-order valence-electron chi connectivity index (χ3n) is 5.22. The Bertz CT molecular complexity index is 308. The van der Waals surface area contributed by atoms with Gasteiger partial charge in [-0.1, -0.05) is 63.0 Å². The van der Waals surface area contributed by atoms with Crippen LogP contribution in [0.3, 0.4) is 0 Å². The summed E-state index contributed by atoms with van der Waals surface area (Å²) in [6, 6.07) is 0. The Balaban J connectivity index is 1.68. The average Bonchev–Trinajstić information content (AvgIpc) is 2.44. The molecule has 2 aliphatic rings. The number of ketones is 1. The summed E-state index contributed by atoms with van der Waals surface area (Å²) in [5.41, 5.74) is 1.33. The first kappa shape index (κ1) is 15.1. The van der Waals surface area contributed by atoms with Gasteiger partial charge in [0.1, 0.15) is 0 Å². The fraction of sp³-hybridized carbons (Fsp3) is 0.824. The smallest absolute Gasteiger partial charge is 0.156 e. The van der Waals surface area contributed by atoms with E-state index in [4.69, 9.17) is 11.6 Å². The second kappa shape index (κ2) is 8.09. The lowest BCUT2D eigenvalue weighted by Gasteiger charge is -2.41. The van der Waals surface area contributed by atoms with Gasteiger partial charge in [0.2, 0.25) is 0 Å². The van der Waals surface area contributed by atoms with E-state index in [9.17, 15) is 4.79 Å². The van der Waals surface area contributed by atoms with Crippen molar-refractivity contribution >= 4 is 17.4 Å². The van der Waals surface area contributed by atoms with Crippen LogP contribution in [0.2, 0.25) is 0 Å². The lowest BCUT2D eigenvalue weighted by molar-refractivity contribution is -0.114. The van der Waals surface area contributed by atoms with Gasteiger partial charge in [-0.2, -0.15) is 0 Å². The number of allylic oxidation sites excluding steroid dienone is 1. The van der Waals surface area contributed by atoms with Gasteiger partial charge < -0.3 is 0 Å². The third-order valence-corrected chi connectivity index (χ3v) is 5.35. The zero-order valence-corrected chi connectivity index (χ0v) is 12.7. The molecule has 2 aliphatic carbocycles. The number of fused-ring (bicyclic) bond motifs is 1. The molecule has 2 rings (SSSR count). The molecule has 19 heavy (non-hydrogen) atoms. The second-order valence-electron chi connectivity index (χ2n) is 6.40. The molecule has 0 spiro atoms. The van der Waals surface area contributed by atoms with Crippen molar-refractivity contribution in [1.29, 1.82) is 0 Å². The van der Waals surface area contributed by atoms with Crippen LogP contribution in [-0.4, -0.2) is 5.78 Å². The summed E-state index contributed by atoms with van der Waals surface area (Å²) in [6.07, 6.45) is 16.0. The van der Waals surface area contributed by atoms with Crippen LogP contribution in [0.1, 0.15) is 70.6 Å². The molecule has 0 aromatic heterocycles. The molecule has 2 heteroatoms. The average molecular weight is 283 g/mol. The molecule has 1 nitrogen and oxygen atoms in total. The van der Waals surface area contributed by atoms with Crippen LogP contribution in [-0.2, 0) is 4.79 Å². The first-order valence-electron chi connectivity index (χ1n) is 8.11. The van der Waals surface area contributed by atoms with E-state index >= 15 is 0 Å². The summed E-state index contributed by atoms with van der Waals surface area (Å²) < 4.78 is 0. The van der Waals surface area contributed by atoms with Gasteiger partial charge in [-0.3, -0.25) is 4.79 Å². The molecule has 0 saturated heterocycles. The molecule has 2 saturated carbocycles. The molecular formula is C17H27ClO. The third kappa shape index (κ3) is 4.63. The number of carbonyl (C=O) groups excluding carboxylic acids is 1. The van der Waals surface area contributed by atoms with Crippen molar-refractivity contribution in [2.45, 2.75) is 70.6 Å². The lowest BCUT2D eigenvalue weighted by atomic mass is 9.64. The van der Waals surface area contributed by atoms with Crippen LogP contribution < -0.4 is 0 Å². The fourth-order valence-corrected chi connectivity index (χ4v) is 4.43. The minimum Gasteiger partial charge on any atom is -0.295 e. The molecule has 0 heterocycles. The molecule has 0 N–H and O–H groups in total. The number of hydrogen-bond acceptors (Lipinski definition) is 1. The van der Waals surface area contributed by atoms with Gasteiger partial charge in [-0.25, -0.2) is 0 Å². The van der Waals surface area contributed by atoms with Gasteiger partial charge in [0, 0.05) is 12.0 Å². The molecule has 3 unspecified atom stereocenters. The van der Waals surface area contributed by atoms with Crippen molar-refractivity contribution in [2.75, 3.05) is 0 Å². The molecule has 0 radical (unpaired) electrons. The Morgan fingerprint density at radius 1 is 1.05 bits per heavy atom. The zero-order valence-electron chi connectivity index (χ0n) is 12.0. The molecule has 108 valence electrons. The highest BCUT2D eigenvalue weighted by atomic mass is 35.5. The van der Waals surface area contributed by atoms with Crippen LogP contribution in [0.15, 0.2) is 11.6 Å². The Morgan fingerprint density at radius 3 is 2.68 bits per heavy atom. The van der Waals surface area contributed by atoms with E-state index in [1.807, 2.05) is 0 Å². The van der Waals surface area contributed by atoms with E-state index in [0.29, 0.717) is 6.42 Å². The van der Waals surface area contributed by atoms with Gasteiger partial charge in [-0.15, -0.1) is 0 Å². The van der Waals surface area contributed by atoms with E-state index < -0.39 is 0 Å². The highest BCUT2D eigenvalue weighted by molar-refractivity contribution is 6.26. The van der Waals surface area contributed by atoms with E-state index in [-0.39, 0.29) is 5.78 Å². The Labute approximate surface area is 122 Å². The normalized spacial score (nSPS) is 31.3. The minimum absolute atomic E-state index is 0.175. The first-order chi connectivity index (χ1) is 9.31. The van der Waals surface area contributed by atoms with Crippen LogP contribution in [0.5, 0.6) is 0 Å². The van der Waals surface area contributed by atoms with Crippen molar-refractivity contribution < 1.29 is 4.79 Å². The Morgan fingerprint density at radius 2 is 1.84 bits per heavy atom. The van der Waals surface area contributed by atoms with E-state index in [0.717, 1.165) is 24.2 Å². The summed E-state index contributed by atoms with van der Waals surface area (Å²) in [5, 5.41) is 0. The van der Waals surface area contributed by atoms with Crippen LogP contribution in [0, 0.1) is 17.8 Å². The Kier molecular flexibility index (Phi) is 6.43. The number of carbonyl (C=O) groups is 1. The summed E-state index contributed by atoms with van der Waals surface area (Å²) in [6.45, 7) is 0. The summed E-state index contributed by atoms with van der Waals surface area (Å²) >= 11 is 5.41. The number of halogens is 1. The minimum atomic E-state index is 0.175. The predicted octanol–water partition coefficient (Wildman–Crippen LogP) is 5.47. The molecule has 0 aromatic carbocycles. The summed E-state index contributed by atoms with van der Waals surface area (Å²) in [7, 11) is 0. The monoisotopic (exact) mass is 282 g/mol. The molecule has 2 fully saturated rings. The van der Waals surface area contributed by atoms with Crippen molar-refractivity contribution in [3.05, 3.63) is 11.6 Å². The maximum absolute atomic E-state index is 11.4. The fourth-order valence-electron chi connectivity index (χ4n) is 4.29. The molecular weight excluding hydrogens is 256 g/mol. The maximum Gasteiger partial charge on any atom is 0.156 e. The Hall–Kier alpha value is -0.300. The van der Waals surface area contributed by atoms with Crippen molar-refractivity contribution in [3.63, 3.8) is 0 Å². The van der Waals surface area contributed by atoms with E-state index in [1.165, 1.54) is 69.4 Å². The van der Waals surface area contributed by atoms with Gasteiger partial charge in [0.25, 0.3) is 0 Å². The number of rotatable bonds is 6. The van der Waals surface area contributed by atoms with Crippen LogP contribution in [0.4, 0.5) is 0 Å². The SMILES string of the molecule is O=C(/C=C/Cl)CCCCC1CCCC2CCCCC12. The van der Waals surface area contributed by atoms with Gasteiger partial charge in [0.05, 0.1) is 0 Å². The summed E-state index contributed by atoms with van der Waals surface area (Å²) in [4.78, 5) is 11.4. The molecule has 0 aliphatic heterocycles. The highest BCUT2D eigenvalue weighted by Crippen LogP contribution is 2.45. The lowest BCUT2D eigenvalue weighted by Crippen LogP contribution is -2.30. The number of unbranched alkanes of at least 4 members (excludes halogenated alkanes) is 1. The van der Waals surface area contributed by atoms with Gasteiger partial charge in [0.15, 0.2) is 5.78 Å². The second-order valence-corrected chi connectivity index (χ2v) is 6.66. The predicted molar refractivity (Wildman–Crippen MR) is 81.3 cm³/mol. The van der Waals surface area contributed by atoms with Gasteiger partial charge in [-0.05, 0) is 36.7 Å². The maximum atomic E-state index is 11.4. The number of hydrogen-bond donors (Lipinski definition) is 0. The van der Waals surface area contributed by atoms with E-state index in [2.05, 4.69) is 0 Å². The topological polar surface area (TPSA) is 17.1 Å². The highest BCUT2D eigenvalue weighted by Gasteiger charge is 2.34. The van der Waals surface area contributed by atoms with Crippen LogP contribution in [0.25, 0.3) is 0 Å². The van der Waals surface area contributed by atoms with Gasteiger partial charge >= 0.3 is 0 Å². The molecule has 0 aromatic rings. The molecule has 0 amide bonds. The quantitative estimate of drug-likeness (QED) is 0.466. The largest absolute Gasteiger partial charge is 0.295 e. The zero-order chi connectivity index (χ0) is 13.5. The summed E-state index contributed by atoms with van der Waals surface area (Å²) in [5.74, 6) is 3.18. The van der Waals surface area contributed by atoms with Crippen molar-refractivity contribution in [3.8, 4) is 0 Å². The molecule has 0 bridgehead atoms. The van der Waals surface area contributed by atoms with E-state index in [1.54, 1.807) is 0 Å². The first-order valence-corrected chi connectivity index (χ1v) is 8.54. The standard InChI is InChI=1S/C17H27ClO/c18-13-12-16(19)10-3-1-6-14-8-5-9-15-7-2-4-11-17(14)15/h12-15,17H,1-11H2/b13-12+. The van der Waals surface area contributed by atoms with Crippen molar-refractivity contribution in [2.24, 2.45) is 17.8 Å². The van der Waals surface area contributed by atoms with Crippen molar-refractivity contribution in [1.82, 2.24) is 0 Å².